The molecule has 5 aromatic rings. The van der Waals surface area contributed by atoms with Crippen LogP contribution in [0.4, 0.5) is 0 Å². The predicted octanol–water partition coefficient (Wildman–Crippen LogP) is 8.46. The van der Waals surface area contributed by atoms with Crippen molar-refractivity contribution in [3.8, 4) is 11.1 Å². The van der Waals surface area contributed by atoms with Gasteiger partial charge in [-0.2, -0.15) is 0 Å². The van der Waals surface area contributed by atoms with Gasteiger partial charge in [0.2, 0.25) is 0 Å². The molecule has 0 nitrogen and oxygen atoms in total. The van der Waals surface area contributed by atoms with Crippen LogP contribution in [0.2, 0.25) is 5.02 Å². The Morgan fingerprint density at radius 1 is 0.500 bits per heavy atom. The molecule has 0 atom stereocenters. The average Bonchev–Trinajstić information content (AvgIpc) is 2.76. The summed E-state index contributed by atoms with van der Waals surface area (Å²) in [6.45, 7) is 0. The number of rotatable bonds is 3. The molecule has 0 amide bonds. The first-order valence-corrected chi connectivity index (χ1v) is 10.4. The zero-order chi connectivity index (χ0) is 18.9. The predicted molar refractivity (Wildman–Crippen MR) is 122 cm³/mol. The molecule has 0 heterocycles. The van der Waals surface area contributed by atoms with Gasteiger partial charge in [-0.15, -0.1) is 0 Å². The molecule has 0 radical (unpaired) electrons. The van der Waals surface area contributed by atoms with E-state index < -0.39 is 0 Å². The molecule has 2 heteroatoms. The lowest BCUT2D eigenvalue weighted by molar-refractivity contribution is 1.44. The number of fused-ring (bicyclic) bond motifs is 3. The molecular weight excluding hydrogens is 380 g/mol. The summed E-state index contributed by atoms with van der Waals surface area (Å²) in [6.07, 6.45) is 0. The molecule has 0 aliphatic heterocycles. The second-order valence-corrected chi connectivity index (χ2v) is 8.24. The van der Waals surface area contributed by atoms with Crippen molar-refractivity contribution in [2.75, 3.05) is 0 Å². The Morgan fingerprint density at radius 2 is 1.04 bits per heavy atom. The maximum absolute atomic E-state index is 6.18. The van der Waals surface area contributed by atoms with Crippen LogP contribution in [0.3, 0.4) is 0 Å². The minimum absolute atomic E-state index is 0.756. The first-order chi connectivity index (χ1) is 13.8. The highest BCUT2D eigenvalue weighted by Crippen LogP contribution is 2.46. The van der Waals surface area contributed by atoms with Gasteiger partial charge in [0, 0.05) is 20.4 Å². The van der Waals surface area contributed by atoms with Gasteiger partial charge in [-0.25, -0.2) is 0 Å². The molecule has 0 aromatic heterocycles. The normalized spacial score (nSPS) is 11.2. The van der Waals surface area contributed by atoms with Crippen molar-refractivity contribution in [1.82, 2.24) is 0 Å². The summed E-state index contributed by atoms with van der Waals surface area (Å²) in [6, 6.07) is 36.1. The summed E-state index contributed by atoms with van der Waals surface area (Å²) in [5.41, 5.74) is 2.45. The van der Waals surface area contributed by atoms with E-state index >= 15 is 0 Å². The monoisotopic (exact) mass is 396 g/mol. The lowest BCUT2D eigenvalue weighted by atomic mass is 9.93. The molecule has 0 spiro atoms. The zero-order valence-electron chi connectivity index (χ0n) is 15.1. The summed E-state index contributed by atoms with van der Waals surface area (Å²) >= 11 is 8.00. The molecule has 134 valence electrons. The first kappa shape index (κ1) is 17.4. The third-order valence-electron chi connectivity index (χ3n) is 4.98. The maximum atomic E-state index is 6.18. The van der Waals surface area contributed by atoms with Crippen molar-refractivity contribution in [3.63, 3.8) is 0 Å². The quantitative estimate of drug-likeness (QED) is 0.275. The Balaban J connectivity index is 1.90. The molecule has 0 fully saturated rings. The highest BCUT2D eigenvalue weighted by atomic mass is 35.5. The van der Waals surface area contributed by atoms with E-state index in [-0.39, 0.29) is 0 Å². The van der Waals surface area contributed by atoms with Gasteiger partial charge < -0.3 is 0 Å². The average molecular weight is 397 g/mol. The molecule has 0 bridgehead atoms. The lowest BCUT2D eigenvalue weighted by Crippen LogP contribution is -1.90. The molecule has 0 saturated heterocycles. The van der Waals surface area contributed by atoms with Gasteiger partial charge in [0.05, 0.1) is 0 Å². The van der Waals surface area contributed by atoms with Gasteiger partial charge in [-0.1, -0.05) is 102 Å². The van der Waals surface area contributed by atoms with Crippen LogP contribution in [0.5, 0.6) is 0 Å². The molecule has 28 heavy (non-hydrogen) atoms. The number of hydrogen-bond acceptors (Lipinski definition) is 1. The fourth-order valence-electron chi connectivity index (χ4n) is 3.72. The van der Waals surface area contributed by atoms with Crippen molar-refractivity contribution in [2.24, 2.45) is 0 Å². The Kier molecular flexibility index (Phi) is 4.56. The molecule has 5 rings (SSSR count). The Labute approximate surface area is 173 Å². The molecule has 0 aliphatic rings. The molecule has 0 saturated carbocycles. The van der Waals surface area contributed by atoms with E-state index in [9.17, 15) is 0 Å². The maximum Gasteiger partial charge on any atom is 0.0406 e. The van der Waals surface area contributed by atoms with Gasteiger partial charge >= 0.3 is 0 Å². The van der Waals surface area contributed by atoms with Gasteiger partial charge in [-0.3, -0.25) is 0 Å². The summed E-state index contributed by atoms with van der Waals surface area (Å²) in [5.74, 6) is 0. The SMILES string of the molecule is Clc1ccc(-c2c(Sc3ccccc3)c3ccccc3c3ccccc23)cc1. The molecule has 0 aliphatic carbocycles. The van der Waals surface area contributed by atoms with Gasteiger partial charge in [0.15, 0.2) is 0 Å². The zero-order valence-corrected chi connectivity index (χ0v) is 16.7. The molecule has 5 aromatic carbocycles. The highest BCUT2D eigenvalue weighted by Gasteiger charge is 2.16. The van der Waals surface area contributed by atoms with Crippen LogP contribution in [0.15, 0.2) is 113 Å². The van der Waals surface area contributed by atoms with E-state index in [0.29, 0.717) is 0 Å². The summed E-state index contributed by atoms with van der Waals surface area (Å²) in [7, 11) is 0. The van der Waals surface area contributed by atoms with E-state index in [1.165, 1.54) is 42.5 Å². The molecule has 0 unspecified atom stereocenters. The minimum atomic E-state index is 0.756. The fourth-order valence-corrected chi connectivity index (χ4v) is 5.00. The number of benzene rings is 5. The number of hydrogen-bond donors (Lipinski definition) is 0. The van der Waals surface area contributed by atoms with Gasteiger partial charge in [-0.05, 0) is 51.4 Å². The standard InChI is InChI=1S/C26H17ClS/c27-19-16-14-18(15-17-19)25-23-12-6-4-10-21(23)22-11-5-7-13-24(22)26(25)28-20-8-2-1-3-9-20/h1-17H. The van der Waals surface area contributed by atoms with Gasteiger partial charge in [0.25, 0.3) is 0 Å². The second kappa shape index (κ2) is 7.35. The van der Waals surface area contributed by atoms with Crippen molar-refractivity contribution in [2.45, 2.75) is 9.79 Å². The van der Waals surface area contributed by atoms with Crippen molar-refractivity contribution >= 4 is 44.9 Å². The van der Waals surface area contributed by atoms with Crippen LogP contribution < -0.4 is 0 Å². The van der Waals surface area contributed by atoms with Gasteiger partial charge in [0.1, 0.15) is 0 Å². The second-order valence-electron chi connectivity index (χ2n) is 6.72. The van der Waals surface area contributed by atoms with E-state index in [0.717, 1.165) is 5.02 Å². The van der Waals surface area contributed by atoms with Crippen LogP contribution in [-0.4, -0.2) is 0 Å². The molecular formula is C26H17ClS. The Bertz CT molecular complexity index is 1270. The van der Waals surface area contributed by atoms with E-state index in [1.807, 2.05) is 23.9 Å². The smallest absolute Gasteiger partial charge is 0.0406 e. The van der Waals surface area contributed by atoms with Crippen molar-refractivity contribution in [3.05, 3.63) is 108 Å². The van der Waals surface area contributed by atoms with E-state index in [1.54, 1.807) is 0 Å². The highest BCUT2D eigenvalue weighted by molar-refractivity contribution is 7.99. The van der Waals surface area contributed by atoms with Crippen LogP contribution in [0.1, 0.15) is 0 Å². The lowest BCUT2D eigenvalue weighted by Gasteiger charge is -2.17. The van der Waals surface area contributed by atoms with Crippen LogP contribution >= 0.6 is 23.4 Å². The minimum Gasteiger partial charge on any atom is -0.0888 e. The fraction of sp³-hybridized carbons (Fsp3) is 0. The summed E-state index contributed by atoms with van der Waals surface area (Å²) in [4.78, 5) is 2.51. The van der Waals surface area contributed by atoms with E-state index in [2.05, 4.69) is 91.0 Å². The van der Waals surface area contributed by atoms with Crippen molar-refractivity contribution < 1.29 is 0 Å². The summed E-state index contributed by atoms with van der Waals surface area (Å²) in [5, 5.41) is 5.86. The largest absolute Gasteiger partial charge is 0.0888 e. The Hall–Kier alpha value is -2.74. The topological polar surface area (TPSA) is 0 Å². The van der Waals surface area contributed by atoms with Crippen LogP contribution in [0.25, 0.3) is 32.7 Å². The van der Waals surface area contributed by atoms with E-state index in [4.69, 9.17) is 11.6 Å². The Morgan fingerprint density at radius 3 is 1.71 bits per heavy atom. The summed E-state index contributed by atoms with van der Waals surface area (Å²) < 4.78 is 0. The molecule has 0 N–H and O–H groups in total. The van der Waals surface area contributed by atoms with Crippen LogP contribution in [-0.2, 0) is 0 Å². The number of halogens is 1. The van der Waals surface area contributed by atoms with Crippen molar-refractivity contribution in [1.29, 1.82) is 0 Å². The third-order valence-corrected chi connectivity index (χ3v) is 6.37. The first-order valence-electron chi connectivity index (χ1n) is 9.23. The third kappa shape index (κ3) is 3.07. The van der Waals surface area contributed by atoms with Crippen LogP contribution in [0, 0.1) is 0 Å².